The topological polar surface area (TPSA) is 38.1 Å². The van der Waals surface area contributed by atoms with Crippen molar-refractivity contribution < 1.29 is 5.11 Å². The molecule has 0 atom stereocenters. The van der Waals surface area contributed by atoms with Gasteiger partial charge in [0.2, 0.25) is 0 Å². The van der Waals surface area contributed by atoms with Gasteiger partial charge in [-0.25, -0.2) is 4.68 Å². The molecule has 0 saturated carbocycles. The molecule has 2 aromatic carbocycles. The van der Waals surface area contributed by atoms with E-state index in [-0.39, 0.29) is 5.75 Å². The molecule has 0 fully saturated rings. The lowest BCUT2D eigenvalue weighted by atomic mass is 10.1. The monoisotopic (exact) mass is 236 g/mol. The van der Waals surface area contributed by atoms with Gasteiger partial charge in [0, 0.05) is 5.56 Å². The second-order valence-electron chi connectivity index (χ2n) is 3.98. The third-order valence-corrected chi connectivity index (χ3v) is 2.82. The van der Waals surface area contributed by atoms with Crippen LogP contribution in [0.4, 0.5) is 0 Å². The van der Waals surface area contributed by atoms with Gasteiger partial charge in [0.25, 0.3) is 0 Å². The molecule has 0 aliphatic carbocycles. The number of phenols is 1. The molecule has 1 N–H and O–H groups in total. The van der Waals surface area contributed by atoms with E-state index in [4.69, 9.17) is 0 Å². The molecule has 0 bridgehead atoms. The average molecular weight is 236 g/mol. The molecule has 3 nitrogen and oxygen atoms in total. The summed E-state index contributed by atoms with van der Waals surface area (Å²) in [5, 5.41) is 14.2. The van der Waals surface area contributed by atoms with Gasteiger partial charge in [-0.05, 0) is 30.3 Å². The normalized spacial score (nSPS) is 10.4. The van der Waals surface area contributed by atoms with E-state index in [1.807, 2.05) is 59.3 Å². The molecule has 0 radical (unpaired) electrons. The third kappa shape index (κ3) is 1.76. The van der Waals surface area contributed by atoms with Crippen molar-refractivity contribution >= 4 is 0 Å². The maximum atomic E-state index is 9.91. The summed E-state index contributed by atoms with van der Waals surface area (Å²) in [6, 6.07) is 19.0. The van der Waals surface area contributed by atoms with E-state index in [2.05, 4.69) is 5.10 Å². The minimum atomic E-state index is 0.259. The number of aromatic nitrogens is 2. The van der Waals surface area contributed by atoms with Crippen molar-refractivity contribution in [3.63, 3.8) is 0 Å². The van der Waals surface area contributed by atoms with Gasteiger partial charge in [0.15, 0.2) is 0 Å². The van der Waals surface area contributed by atoms with Gasteiger partial charge in [0.1, 0.15) is 5.75 Å². The van der Waals surface area contributed by atoms with E-state index in [0.717, 1.165) is 16.9 Å². The van der Waals surface area contributed by atoms with Crippen molar-refractivity contribution in [3.05, 3.63) is 66.9 Å². The zero-order valence-corrected chi connectivity index (χ0v) is 9.69. The quantitative estimate of drug-likeness (QED) is 0.741. The van der Waals surface area contributed by atoms with E-state index in [1.54, 1.807) is 12.3 Å². The second kappa shape index (κ2) is 4.37. The van der Waals surface area contributed by atoms with Crippen LogP contribution in [0.25, 0.3) is 16.9 Å². The van der Waals surface area contributed by atoms with Crippen molar-refractivity contribution in [1.29, 1.82) is 0 Å². The molecule has 1 heterocycles. The Morgan fingerprint density at radius 1 is 0.833 bits per heavy atom. The smallest absolute Gasteiger partial charge is 0.124 e. The second-order valence-corrected chi connectivity index (χ2v) is 3.98. The third-order valence-electron chi connectivity index (χ3n) is 2.82. The Labute approximate surface area is 105 Å². The summed E-state index contributed by atoms with van der Waals surface area (Å²) in [4.78, 5) is 0. The van der Waals surface area contributed by atoms with Crippen molar-refractivity contribution in [2.45, 2.75) is 0 Å². The number of aromatic hydroxyl groups is 1. The van der Waals surface area contributed by atoms with Crippen molar-refractivity contribution in [1.82, 2.24) is 9.78 Å². The van der Waals surface area contributed by atoms with Gasteiger partial charge in [-0.3, -0.25) is 0 Å². The maximum Gasteiger partial charge on any atom is 0.124 e. The first-order valence-electron chi connectivity index (χ1n) is 5.74. The van der Waals surface area contributed by atoms with Crippen molar-refractivity contribution in [2.24, 2.45) is 0 Å². The Balaban J connectivity index is 2.16. The first kappa shape index (κ1) is 10.6. The van der Waals surface area contributed by atoms with Crippen molar-refractivity contribution in [2.75, 3.05) is 0 Å². The van der Waals surface area contributed by atoms with Gasteiger partial charge < -0.3 is 5.11 Å². The van der Waals surface area contributed by atoms with E-state index in [0.29, 0.717) is 0 Å². The largest absolute Gasteiger partial charge is 0.507 e. The van der Waals surface area contributed by atoms with Crippen LogP contribution in [0.3, 0.4) is 0 Å². The predicted octanol–water partition coefficient (Wildman–Crippen LogP) is 3.24. The van der Waals surface area contributed by atoms with Crippen LogP contribution >= 0.6 is 0 Å². The van der Waals surface area contributed by atoms with Gasteiger partial charge in [0.05, 0.1) is 17.6 Å². The summed E-state index contributed by atoms with van der Waals surface area (Å²) >= 11 is 0. The Hall–Kier alpha value is -2.55. The maximum absolute atomic E-state index is 9.91. The Morgan fingerprint density at radius 3 is 2.33 bits per heavy atom. The van der Waals surface area contributed by atoms with Crippen LogP contribution in [-0.2, 0) is 0 Å². The molecule has 0 amide bonds. The van der Waals surface area contributed by atoms with Crippen LogP contribution in [0, 0.1) is 0 Å². The first-order valence-corrected chi connectivity index (χ1v) is 5.74. The van der Waals surface area contributed by atoms with Crippen LogP contribution in [0.15, 0.2) is 66.9 Å². The minimum Gasteiger partial charge on any atom is -0.507 e. The zero-order chi connectivity index (χ0) is 12.4. The molecule has 3 rings (SSSR count). The highest BCUT2D eigenvalue weighted by Crippen LogP contribution is 2.29. The fourth-order valence-electron chi connectivity index (χ4n) is 1.97. The molecular weight excluding hydrogens is 224 g/mol. The Morgan fingerprint density at radius 2 is 1.56 bits per heavy atom. The number of rotatable bonds is 2. The fraction of sp³-hybridized carbons (Fsp3) is 0. The van der Waals surface area contributed by atoms with E-state index in [1.165, 1.54) is 0 Å². The number of nitrogens with zero attached hydrogens (tertiary/aromatic N) is 2. The Bertz CT molecular complexity index is 659. The Kier molecular flexibility index (Phi) is 2.57. The predicted molar refractivity (Wildman–Crippen MR) is 70.7 cm³/mol. The highest BCUT2D eigenvalue weighted by Gasteiger charge is 2.10. The highest BCUT2D eigenvalue weighted by molar-refractivity contribution is 5.68. The van der Waals surface area contributed by atoms with Crippen LogP contribution in [0.5, 0.6) is 5.75 Å². The number of phenolic OH excluding ortho intramolecular Hbond substituents is 1. The molecule has 3 heteroatoms. The number of benzene rings is 2. The molecule has 0 aliphatic heterocycles. The molecule has 18 heavy (non-hydrogen) atoms. The van der Waals surface area contributed by atoms with E-state index >= 15 is 0 Å². The molecule has 3 aromatic rings. The zero-order valence-electron chi connectivity index (χ0n) is 9.69. The number of para-hydroxylation sites is 2. The van der Waals surface area contributed by atoms with E-state index < -0.39 is 0 Å². The lowest BCUT2D eigenvalue weighted by Gasteiger charge is -2.08. The highest BCUT2D eigenvalue weighted by atomic mass is 16.3. The SMILES string of the molecule is Oc1ccccc1-c1ccnn1-c1ccccc1. The molecule has 0 saturated heterocycles. The fourth-order valence-corrected chi connectivity index (χ4v) is 1.97. The first-order chi connectivity index (χ1) is 8.86. The van der Waals surface area contributed by atoms with Gasteiger partial charge >= 0.3 is 0 Å². The molecule has 1 aromatic heterocycles. The summed E-state index contributed by atoms with van der Waals surface area (Å²) in [6.45, 7) is 0. The van der Waals surface area contributed by atoms with Crippen molar-refractivity contribution in [3.8, 4) is 22.7 Å². The minimum absolute atomic E-state index is 0.259. The number of hydrogen-bond acceptors (Lipinski definition) is 2. The van der Waals surface area contributed by atoms with Gasteiger partial charge in [-0.1, -0.05) is 30.3 Å². The summed E-state index contributed by atoms with van der Waals surface area (Å²) in [5.74, 6) is 0.259. The van der Waals surface area contributed by atoms with Gasteiger partial charge in [-0.2, -0.15) is 5.10 Å². The average Bonchev–Trinajstić information content (AvgIpc) is 2.89. The van der Waals surface area contributed by atoms with Crippen LogP contribution < -0.4 is 0 Å². The molecule has 88 valence electrons. The molecule has 0 unspecified atom stereocenters. The number of hydrogen-bond donors (Lipinski definition) is 1. The molecular formula is C15H12N2O. The standard InChI is InChI=1S/C15H12N2O/c18-15-9-5-4-8-13(15)14-10-11-16-17(14)12-6-2-1-3-7-12/h1-11,18H. The molecule has 0 aliphatic rings. The lowest BCUT2D eigenvalue weighted by molar-refractivity contribution is 0.477. The van der Waals surface area contributed by atoms with Crippen LogP contribution in [0.1, 0.15) is 0 Å². The van der Waals surface area contributed by atoms with Crippen LogP contribution in [0.2, 0.25) is 0 Å². The summed E-state index contributed by atoms with van der Waals surface area (Å²) < 4.78 is 1.81. The molecule has 0 spiro atoms. The summed E-state index contributed by atoms with van der Waals surface area (Å²) in [7, 11) is 0. The van der Waals surface area contributed by atoms with E-state index in [9.17, 15) is 5.11 Å². The summed E-state index contributed by atoms with van der Waals surface area (Å²) in [5.41, 5.74) is 2.62. The van der Waals surface area contributed by atoms with Crippen LogP contribution in [-0.4, -0.2) is 14.9 Å². The summed E-state index contributed by atoms with van der Waals surface area (Å²) in [6.07, 6.45) is 1.73. The lowest BCUT2D eigenvalue weighted by Crippen LogP contribution is -1.98. The van der Waals surface area contributed by atoms with Gasteiger partial charge in [-0.15, -0.1) is 0 Å².